The zero-order chi connectivity index (χ0) is 39.8. The second-order valence-corrected chi connectivity index (χ2v) is 14.4. The number of amides is 4. The first-order chi connectivity index (χ1) is 25.7. The van der Waals surface area contributed by atoms with Gasteiger partial charge in [-0.3, -0.25) is 19.2 Å². The van der Waals surface area contributed by atoms with Crippen molar-refractivity contribution in [2.45, 2.75) is 104 Å². The summed E-state index contributed by atoms with van der Waals surface area (Å²) in [5, 5.41) is 33.0. The molecule has 0 unspecified atom stereocenters. The number of carbonyl (C=O) groups excluding carboxylic acids is 5. The lowest BCUT2D eigenvalue weighted by Gasteiger charge is -2.30. The molecule has 0 radical (unpaired) electrons. The van der Waals surface area contributed by atoms with Crippen molar-refractivity contribution in [1.82, 2.24) is 21.3 Å². The van der Waals surface area contributed by atoms with Gasteiger partial charge < -0.3 is 36.2 Å². The van der Waals surface area contributed by atoms with E-state index in [1.54, 1.807) is 65.0 Å². The molecule has 6 N–H and O–H groups in total. The third-order valence-corrected chi connectivity index (χ3v) is 9.35. The Morgan fingerprint density at radius 2 is 1.11 bits per heavy atom. The van der Waals surface area contributed by atoms with Gasteiger partial charge in [0.15, 0.2) is 6.10 Å². The number of carbonyl (C=O) groups is 5. The van der Waals surface area contributed by atoms with Crippen molar-refractivity contribution < 1.29 is 38.9 Å². The first-order valence-corrected chi connectivity index (χ1v) is 18.6. The maximum absolute atomic E-state index is 13.7. The highest BCUT2D eigenvalue weighted by Crippen LogP contribution is 2.16. The Labute approximate surface area is 318 Å². The molecule has 292 valence electrons. The normalized spacial score (nSPS) is 15.1. The molecule has 7 atom stereocenters. The fourth-order valence-corrected chi connectivity index (χ4v) is 5.80. The van der Waals surface area contributed by atoms with Gasteiger partial charge in [-0.15, -0.1) is 0 Å². The molecule has 0 spiro atoms. The molecule has 3 rings (SSSR count). The minimum absolute atomic E-state index is 0.0444. The zero-order valence-corrected chi connectivity index (χ0v) is 32.0. The standard InChI is InChI=1S/C42H56N4O8/c1-7-28(6)37(40(51)46-36(27(4)5)42(53)54-25-30-19-13-9-14-20-30)44-34(48)24-33(47)32(23-29-17-11-8-12-18-29)43-39(50)35(26(2)3)45-41(52)38(49)31-21-15-10-16-22-31/h8-22,26-28,32-33,35-38,47,49H,7,23-25H2,1-6H3,(H,43,50)(H,44,48)(H,45,52)(H,46,51)/t28-,32-,33-,35-,36-,37-,38-/m0/s1. The molecule has 0 aliphatic carbocycles. The quantitative estimate of drug-likeness (QED) is 0.0946. The topological polar surface area (TPSA) is 183 Å². The Morgan fingerprint density at radius 3 is 1.65 bits per heavy atom. The molecule has 0 aliphatic rings. The smallest absolute Gasteiger partial charge is 0.329 e. The number of hydrogen-bond acceptors (Lipinski definition) is 8. The first-order valence-electron chi connectivity index (χ1n) is 18.6. The summed E-state index contributed by atoms with van der Waals surface area (Å²) in [5.74, 6) is -4.20. The van der Waals surface area contributed by atoms with Crippen molar-refractivity contribution in [2.24, 2.45) is 17.8 Å². The Balaban J connectivity index is 1.73. The van der Waals surface area contributed by atoms with Crippen molar-refractivity contribution in [3.63, 3.8) is 0 Å². The summed E-state index contributed by atoms with van der Waals surface area (Å²) in [6.07, 6.45) is -2.68. The zero-order valence-electron chi connectivity index (χ0n) is 32.0. The van der Waals surface area contributed by atoms with E-state index in [0.29, 0.717) is 12.0 Å². The van der Waals surface area contributed by atoms with Gasteiger partial charge in [0.05, 0.1) is 18.6 Å². The number of hydrogen-bond donors (Lipinski definition) is 6. The monoisotopic (exact) mass is 744 g/mol. The lowest BCUT2D eigenvalue weighted by Crippen LogP contribution is -2.57. The van der Waals surface area contributed by atoms with Crippen molar-refractivity contribution in [1.29, 1.82) is 0 Å². The van der Waals surface area contributed by atoms with Crippen molar-refractivity contribution in [2.75, 3.05) is 0 Å². The fraction of sp³-hybridized carbons (Fsp3) is 0.452. The molecule has 0 saturated carbocycles. The van der Waals surface area contributed by atoms with Crippen molar-refractivity contribution in [3.05, 3.63) is 108 Å². The summed E-state index contributed by atoms with van der Waals surface area (Å²) in [6.45, 7) is 10.8. The average molecular weight is 745 g/mol. The van der Waals surface area contributed by atoms with Gasteiger partial charge in [-0.2, -0.15) is 0 Å². The van der Waals surface area contributed by atoms with E-state index in [2.05, 4.69) is 21.3 Å². The van der Waals surface area contributed by atoms with Crippen LogP contribution in [0.5, 0.6) is 0 Å². The molecule has 0 saturated heterocycles. The van der Waals surface area contributed by atoms with E-state index < -0.39 is 78.3 Å². The van der Waals surface area contributed by atoms with E-state index in [9.17, 15) is 34.2 Å². The Kier molecular flexibility index (Phi) is 17.3. The largest absolute Gasteiger partial charge is 0.459 e. The summed E-state index contributed by atoms with van der Waals surface area (Å²) < 4.78 is 5.50. The Hall–Kier alpha value is -5.07. The van der Waals surface area contributed by atoms with Crippen LogP contribution < -0.4 is 21.3 Å². The highest BCUT2D eigenvalue weighted by Gasteiger charge is 2.35. The number of rotatable bonds is 20. The van der Waals surface area contributed by atoms with Crippen LogP contribution in [0.1, 0.15) is 77.2 Å². The van der Waals surface area contributed by atoms with Gasteiger partial charge in [-0.25, -0.2) is 4.79 Å². The Bertz CT molecular complexity index is 1640. The molecule has 0 bridgehead atoms. The lowest BCUT2D eigenvalue weighted by molar-refractivity contribution is -0.150. The van der Waals surface area contributed by atoms with Crippen LogP contribution in [0.15, 0.2) is 91.0 Å². The third-order valence-electron chi connectivity index (χ3n) is 9.35. The minimum atomic E-state index is -1.50. The summed E-state index contributed by atoms with van der Waals surface area (Å²) in [6, 6.07) is 22.6. The second-order valence-electron chi connectivity index (χ2n) is 14.4. The van der Waals surface area contributed by atoms with Crippen LogP contribution >= 0.6 is 0 Å². The van der Waals surface area contributed by atoms with Gasteiger partial charge in [0, 0.05) is 0 Å². The van der Waals surface area contributed by atoms with Crippen LogP contribution in [-0.2, 0) is 41.7 Å². The highest BCUT2D eigenvalue weighted by molar-refractivity contribution is 5.92. The highest BCUT2D eigenvalue weighted by atomic mass is 16.5. The molecule has 12 heteroatoms. The molecule has 0 fully saturated rings. The van der Waals surface area contributed by atoms with E-state index in [0.717, 1.165) is 11.1 Å². The average Bonchev–Trinajstić information content (AvgIpc) is 3.16. The van der Waals surface area contributed by atoms with Gasteiger partial charge in [0.1, 0.15) is 24.7 Å². The van der Waals surface area contributed by atoms with Gasteiger partial charge in [-0.1, -0.05) is 139 Å². The number of esters is 1. The Morgan fingerprint density at radius 1 is 0.611 bits per heavy atom. The maximum atomic E-state index is 13.7. The summed E-state index contributed by atoms with van der Waals surface area (Å²) in [7, 11) is 0. The van der Waals surface area contributed by atoms with Crippen LogP contribution in [-0.4, -0.2) is 70.1 Å². The van der Waals surface area contributed by atoms with Crippen LogP contribution in [0.4, 0.5) is 0 Å². The molecule has 3 aromatic rings. The molecular weight excluding hydrogens is 688 g/mol. The van der Waals surface area contributed by atoms with Crippen molar-refractivity contribution in [3.8, 4) is 0 Å². The number of ether oxygens (including phenoxy) is 1. The van der Waals surface area contributed by atoms with E-state index in [1.165, 1.54) is 0 Å². The number of benzene rings is 3. The molecule has 12 nitrogen and oxygen atoms in total. The number of aliphatic hydroxyl groups is 2. The maximum Gasteiger partial charge on any atom is 0.329 e. The first kappa shape index (κ1) is 43.3. The molecule has 0 aromatic heterocycles. The second kappa shape index (κ2) is 21.6. The number of nitrogens with one attached hydrogen (secondary N) is 4. The summed E-state index contributed by atoms with van der Waals surface area (Å²) >= 11 is 0. The molecular formula is C42H56N4O8. The third kappa shape index (κ3) is 13.4. The number of aliphatic hydroxyl groups excluding tert-OH is 2. The summed E-state index contributed by atoms with van der Waals surface area (Å²) in [5.41, 5.74) is 1.95. The van der Waals surface area contributed by atoms with Crippen molar-refractivity contribution >= 4 is 29.6 Å². The SMILES string of the molecule is CC[C@H](C)[C@H](NC(=O)C[C@H](O)[C@H](Cc1ccccc1)NC(=O)[C@@H](NC(=O)[C@@H](O)c1ccccc1)C(C)C)C(=O)N[C@H](C(=O)OCc1ccccc1)C(C)C. The van der Waals surface area contributed by atoms with E-state index in [4.69, 9.17) is 4.74 Å². The fourth-order valence-electron chi connectivity index (χ4n) is 5.80. The van der Waals surface area contributed by atoms with E-state index >= 15 is 0 Å². The molecule has 54 heavy (non-hydrogen) atoms. The van der Waals surface area contributed by atoms with Gasteiger partial charge in [0.2, 0.25) is 17.7 Å². The molecule has 4 amide bonds. The van der Waals surface area contributed by atoms with Crippen LogP contribution in [0.3, 0.4) is 0 Å². The van der Waals surface area contributed by atoms with Crippen LogP contribution in [0.25, 0.3) is 0 Å². The van der Waals surface area contributed by atoms with Crippen LogP contribution in [0.2, 0.25) is 0 Å². The predicted octanol–water partition coefficient (Wildman–Crippen LogP) is 3.75. The van der Waals surface area contributed by atoms with Gasteiger partial charge in [-0.05, 0) is 40.9 Å². The minimum Gasteiger partial charge on any atom is -0.459 e. The predicted molar refractivity (Wildman–Crippen MR) is 205 cm³/mol. The van der Waals surface area contributed by atoms with Gasteiger partial charge in [0.25, 0.3) is 5.91 Å². The van der Waals surface area contributed by atoms with E-state index in [-0.39, 0.29) is 24.9 Å². The molecule has 0 heterocycles. The van der Waals surface area contributed by atoms with E-state index in [1.807, 2.05) is 67.6 Å². The van der Waals surface area contributed by atoms with Crippen LogP contribution in [0, 0.1) is 17.8 Å². The molecule has 3 aromatic carbocycles. The molecule has 0 aliphatic heterocycles. The summed E-state index contributed by atoms with van der Waals surface area (Å²) in [4.78, 5) is 66.9. The lowest BCUT2D eigenvalue weighted by atomic mass is 9.95. The van der Waals surface area contributed by atoms with Gasteiger partial charge >= 0.3 is 5.97 Å².